The summed E-state index contributed by atoms with van der Waals surface area (Å²) in [6.07, 6.45) is 0. The van der Waals surface area contributed by atoms with E-state index in [1.165, 1.54) is 6.07 Å². The number of halogens is 2. The molecule has 1 atom stereocenters. The van der Waals surface area contributed by atoms with Crippen LogP contribution in [0.2, 0.25) is 5.02 Å². The number of carbonyl (C=O) groups excluding carboxylic acids is 2. The second-order valence-corrected chi connectivity index (χ2v) is 5.84. The second kappa shape index (κ2) is 7.93. The van der Waals surface area contributed by atoms with Crippen molar-refractivity contribution < 1.29 is 18.7 Å². The van der Waals surface area contributed by atoms with Gasteiger partial charge in [-0.2, -0.15) is 0 Å². The first-order valence-electron chi connectivity index (χ1n) is 7.35. The van der Waals surface area contributed by atoms with Gasteiger partial charge in [-0.1, -0.05) is 41.4 Å². The highest BCUT2D eigenvalue weighted by atomic mass is 35.5. The van der Waals surface area contributed by atoms with Crippen molar-refractivity contribution in [3.8, 4) is 0 Å². The molecule has 0 bridgehead atoms. The summed E-state index contributed by atoms with van der Waals surface area (Å²) in [4.78, 5) is 23.7. The molecule has 0 spiro atoms. The smallest absolute Gasteiger partial charge is 0.341 e. The number of nitrogens with one attached hydrogen (secondary N) is 1. The van der Waals surface area contributed by atoms with Crippen molar-refractivity contribution in [3.63, 3.8) is 0 Å². The van der Waals surface area contributed by atoms with E-state index in [0.717, 1.165) is 23.3 Å². The van der Waals surface area contributed by atoms with E-state index in [9.17, 15) is 14.0 Å². The highest BCUT2D eigenvalue weighted by Gasteiger charge is 2.16. The molecular weight excluding hydrogens is 333 g/mol. The van der Waals surface area contributed by atoms with Crippen LogP contribution in [0.25, 0.3) is 0 Å². The van der Waals surface area contributed by atoms with E-state index in [1.807, 2.05) is 38.1 Å². The van der Waals surface area contributed by atoms with Crippen LogP contribution in [0.15, 0.2) is 42.5 Å². The Kier molecular flexibility index (Phi) is 5.93. The fourth-order valence-electron chi connectivity index (χ4n) is 2.08. The minimum atomic E-state index is -0.937. The number of benzene rings is 2. The van der Waals surface area contributed by atoms with Gasteiger partial charge in [0.1, 0.15) is 5.82 Å². The maximum absolute atomic E-state index is 13.5. The molecular formula is C18H17ClFNO3. The summed E-state index contributed by atoms with van der Waals surface area (Å²) in [5.41, 5.74) is 1.75. The Morgan fingerprint density at radius 3 is 2.54 bits per heavy atom. The van der Waals surface area contributed by atoms with Gasteiger partial charge in [-0.15, -0.1) is 0 Å². The lowest BCUT2D eigenvalue weighted by Gasteiger charge is -2.14. The first kappa shape index (κ1) is 17.9. The van der Waals surface area contributed by atoms with Crippen molar-refractivity contribution in [1.82, 2.24) is 5.32 Å². The average Bonchev–Trinajstić information content (AvgIpc) is 2.55. The van der Waals surface area contributed by atoms with Crippen molar-refractivity contribution in [2.75, 3.05) is 6.61 Å². The van der Waals surface area contributed by atoms with E-state index in [-0.39, 0.29) is 16.6 Å². The molecule has 1 amide bonds. The molecule has 2 aromatic rings. The minimum absolute atomic E-state index is 0.209. The number of hydrogen-bond donors (Lipinski definition) is 1. The van der Waals surface area contributed by atoms with Crippen LogP contribution in [0.4, 0.5) is 4.39 Å². The van der Waals surface area contributed by atoms with Gasteiger partial charge in [0, 0.05) is 5.02 Å². The van der Waals surface area contributed by atoms with E-state index in [4.69, 9.17) is 16.3 Å². The largest absolute Gasteiger partial charge is 0.452 e. The van der Waals surface area contributed by atoms with Crippen LogP contribution in [0, 0.1) is 12.7 Å². The molecule has 0 aliphatic carbocycles. The van der Waals surface area contributed by atoms with Gasteiger partial charge in [-0.05, 0) is 37.6 Å². The number of amides is 1. The highest BCUT2D eigenvalue weighted by molar-refractivity contribution is 6.30. The lowest BCUT2D eigenvalue weighted by molar-refractivity contribution is -0.124. The molecule has 6 heteroatoms. The Balaban J connectivity index is 1.89. The lowest BCUT2D eigenvalue weighted by Crippen LogP contribution is -2.31. The number of carbonyl (C=O) groups is 2. The van der Waals surface area contributed by atoms with Crippen LogP contribution in [0.1, 0.15) is 34.5 Å². The summed E-state index contributed by atoms with van der Waals surface area (Å²) in [5, 5.41) is 2.92. The van der Waals surface area contributed by atoms with Crippen LogP contribution in [-0.4, -0.2) is 18.5 Å². The van der Waals surface area contributed by atoms with Gasteiger partial charge in [0.05, 0.1) is 11.6 Å². The monoisotopic (exact) mass is 349 g/mol. The predicted molar refractivity (Wildman–Crippen MR) is 89.4 cm³/mol. The van der Waals surface area contributed by atoms with Crippen molar-refractivity contribution in [1.29, 1.82) is 0 Å². The van der Waals surface area contributed by atoms with Crippen molar-refractivity contribution in [3.05, 3.63) is 70.0 Å². The summed E-state index contributed by atoms with van der Waals surface area (Å²) in [6, 6.07) is 11.0. The highest BCUT2D eigenvalue weighted by Crippen LogP contribution is 2.16. The van der Waals surface area contributed by atoms with Crippen LogP contribution < -0.4 is 5.32 Å². The molecule has 126 valence electrons. The van der Waals surface area contributed by atoms with Crippen LogP contribution in [0.3, 0.4) is 0 Å². The molecule has 4 nitrogen and oxygen atoms in total. The van der Waals surface area contributed by atoms with Gasteiger partial charge >= 0.3 is 5.97 Å². The summed E-state index contributed by atoms with van der Waals surface area (Å²) in [5.74, 6) is -2.16. The summed E-state index contributed by atoms with van der Waals surface area (Å²) in [7, 11) is 0. The number of hydrogen-bond acceptors (Lipinski definition) is 3. The molecule has 0 fully saturated rings. The van der Waals surface area contributed by atoms with Gasteiger partial charge in [-0.3, -0.25) is 4.79 Å². The summed E-state index contributed by atoms with van der Waals surface area (Å²) < 4.78 is 18.4. The maximum Gasteiger partial charge on any atom is 0.341 e. The third-order valence-electron chi connectivity index (χ3n) is 3.44. The molecule has 1 unspecified atom stereocenters. The van der Waals surface area contributed by atoms with Crippen molar-refractivity contribution >= 4 is 23.5 Å². The molecule has 0 saturated carbocycles. The summed E-state index contributed by atoms with van der Waals surface area (Å²) in [6.45, 7) is 3.30. The second-order valence-electron chi connectivity index (χ2n) is 5.40. The molecule has 0 saturated heterocycles. The fourth-order valence-corrected chi connectivity index (χ4v) is 2.26. The topological polar surface area (TPSA) is 55.4 Å². The van der Waals surface area contributed by atoms with E-state index in [1.54, 1.807) is 0 Å². The molecule has 0 radical (unpaired) electrons. The van der Waals surface area contributed by atoms with Gasteiger partial charge in [-0.25, -0.2) is 9.18 Å². The normalized spacial score (nSPS) is 11.7. The van der Waals surface area contributed by atoms with Crippen LogP contribution >= 0.6 is 11.6 Å². The number of aryl methyl sites for hydroxylation is 1. The molecule has 0 aliphatic rings. The van der Waals surface area contributed by atoms with Crippen molar-refractivity contribution in [2.24, 2.45) is 0 Å². The Morgan fingerprint density at radius 1 is 1.21 bits per heavy atom. The summed E-state index contributed by atoms with van der Waals surface area (Å²) >= 11 is 5.72. The zero-order valence-corrected chi connectivity index (χ0v) is 14.1. The van der Waals surface area contributed by atoms with E-state index >= 15 is 0 Å². The first-order chi connectivity index (χ1) is 11.4. The minimum Gasteiger partial charge on any atom is -0.452 e. The lowest BCUT2D eigenvalue weighted by atomic mass is 10.1. The average molecular weight is 350 g/mol. The quantitative estimate of drug-likeness (QED) is 0.835. The third-order valence-corrected chi connectivity index (χ3v) is 3.67. The first-order valence-corrected chi connectivity index (χ1v) is 7.72. The van der Waals surface area contributed by atoms with Crippen molar-refractivity contribution in [2.45, 2.75) is 19.9 Å². The molecule has 0 aromatic heterocycles. The molecule has 1 N–H and O–H groups in total. The Morgan fingerprint density at radius 2 is 1.88 bits per heavy atom. The van der Waals surface area contributed by atoms with E-state index in [2.05, 4.69) is 5.32 Å². The fraction of sp³-hybridized carbons (Fsp3) is 0.222. The Hall–Kier alpha value is -2.40. The number of rotatable bonds is 5. The molecule has 24 heavy (non-hydrogen) atoms. The number of esters is 1. The zero-order chi connectivity index (χ0) is 17.7. The van der Waals surface area contributed by atoms with E-state index < -0.39 is 24.3 Å². The maximum atomic E-state index is 13.5. The molecule has 2 rings (SSSR count). The predicted octanol–water partition coefficient (Wildman–Crippen LogP) is 3.82. The van der Waals surface area contributed by atoms with Crippen LogP contribution in [0.5, 0.6) is 0 Å². The number of ether oxygens (including phenoxy) is 1. The zero-order valence-electron chi connectivity index (χ0n) is 13.3. The standard InChI is InChI=1S/C18H17ClFNO3/c1-11-3-5-13(6-4-11)12(2)21-17(22)10-24-18(23)15-9-14(19)7-8-16(15)20/h3-9,12H,10H2,1-2H3,(H,21,22). The molecule has 0 aliphatic heterocycles. The molecule has 2 aromatic carbocycles. The van der Waals surface area contributed by atoms with Crippen LogP contribution in [-0.2, 0) is 9.53 Å². The Bertz CT molecular complexity index is 746. The third kappa shape index (κ3) is 4.80. The van der Waals surface area contributed by atoms with Gasteiger partial charge < -0.3 is 10.1 Å². The van der Waals surface area contributed by atoms with E-state index in [0.29, 0.717) is 0 Å². The van der Waals surface area contributed by atoms with Gasteiger partial charge in [0.15, 0.2) is 6.61 Å². The van der Waals surface area contributed by atoms with Gasteiger partial charge in [0.2, 0.25) is 0 Å². The molecule has 0 heterocycles. The SMILES string of the molecule is Cc1ccc(C(C)NC(=O)COC(=O)c2cc(Cl)ccc2F)cc1. The van der Waals surface area contributed by atoms with Gasteiger partial charge in [0.25, 0.3) is 5.91 Å². The Labute approximate surface area is 144 Å².